The molecule has 1 aromatic rings. The molecule has 0 aliphatic heterocycles. The van der Waals surface area contributed by atoms with Crippen molar-refractivity contribution in [2.24, 2.45) is 0 Å². The van der Waals surface area contributed by atoms with Crippen molar-refractivity contribution in [1.82, 2.24) is 0 Å². The average Bonchev–Trinajstić information content (AvgIpc) is 2.42. The average molecular weight is 361 g/mol. The Hall–Kier alpha value is -0.150. The predicted molar refractivity (Wildman–Crippen MR) is 97.4 cm³/mol. The maximum absolute atomic E-state index is 9.26. The van der Waals surface area contributed by atoms with Crippen molar-refractivity contribution in [2.75, 3.05) is 0 Å². The topological polar surface area (TPSA) is 20.2 Å². The number of benzene rings is 1. The zero-order valence-corrected chi connectivity index (χ0v) is 15.2. The van der Waals surface area contributed by atoms with Crippen molar-refractivity contribution in [3.63, 3.8) is 0 Å². The second kappa shape index (κ2) is 12.6. The van der Waals surface area contributed by atoms with Crippen LogP contribution in [0.3, 0.4) is 0 Å². The van der Waals surface area contributed by atoms with Gasteiger partial charge in [-0.3, -0.25) is 0 Å². The van der Waals surface area contributed by atoms with Crippen LogP contribution in [0.25, 0.3) is 0 Å². The molecule has 1 aromatic carbocycles. The molecular weight excluding hydrogens is 332 g/mol. The van der Waals surface area contributed by atoms with Gasteiger partial charge >= 0.3 is 0 Å². The minimum absolute atomic E-state index is 0. The third kappa shape index (κ3) is 8.91. The Kier molecular flexibility index (Phi) is 12.5. The van der Waals surface area contributed by atoms with Crippen LogP contribution in [-0.4, -0.2) is 5.11 Å². The monoisotopic (exact) mass is 360 g/mol. The van der Waals surface area contributed by atoms with Crippen LogP contribution < -0.4 is 0 Å². The van der Waals surface area contributed by atoms with Crippen LogP contribution >= 0.6 is 29.4 Å². The van der Waals surface area contributed by atoms with E-state index in [0.717, 1.165) is 0 Å². The fourth-order valence-electron chi connectivity index (χ4n) is 2.31. The number of alkyl halides is 1. The van der Waals surface area contributed by atoms with Gasteiger partial charge in [0.1, 0.15) is 5.75 Å². The van der Waals surface area contributed by atoms with Crippen molar-refractivity contribution >= 4 is 29.4 Å². The lowest BCUT2D eigenvalue weighted by molar-refractivity contribution is 0.475. The lowest BCUT2D eigenvalue weighted by atomic mass is 10.0. The highest BCUT2D eigenvalue weighted by Gasteiger charge is 2.06. The van der Waals surface area contributed by atoms with E-state index < -0.39 is 0 Å². The van der Waals surface area contributed by atoms with Gasteiger partial charge in [-0.15, -0.1) is 0 Å². The minimum atomic E-state index is 0. The summed E-state index contributed by atoms with van der Waals surface area (Å²) in [4.78, 5) is 0.424. The Labute approximate surface area is 139 Å². The molecule has 1 N–H and O–H groups in total. The van der Waals surface area contributed by atoms with Gasteiger partial charge in [-0.25, -0.2) is 0 Å². The third-order valence-corrected chi connectivity index (χ3v) is 4.55. The van der Waals surface area contributed by atoms with Gasteiger partial charge in [0.15, 0.2) is 0 Å². The summed E-state index contributed by atoms with van der Waals surface area (Å²) in [6, 6.07) is 7.52. The molecule has 0 aromatic heterocycles. The lowest BCUT2D eigenvalue weighted by Gasteiger charge is -2.10. The zero-order valence-electron chi connectivity index (χ0n) is 12.6. The fourth-order valence-corrected chi connectivity index (χ4v) is 2.94. The number of aromatic hydroxyl groups is 1. The summed E-state index contributed by atoms with van der Waals surface area (Å²) < 4.78 is 0. The highest BCUT2D eigenvalue weighted by molar-refractivity contribution is 9.09. The van der Waals surface area contributed by atoms with Gasteiger partial charge in [0.25, 0.3) is 0 Å². The molecule has 0 saturated heterocycles. The molecule has 20 heavy (non-hydrogen) atoms. The molecule has 0 spiro atoms. The Morgan fingerprint density at radius 3 is 1.95 bits per heavy atom. The van der Waals surface area contributed by atoms with Crippen LogP contribution in [0, 0.1) is 0 Å². The SMILES string of the molecule is CCCCCCCCCCC(Br)c1ccc(O)cc1.S. The number of hydrogen-bond acceptors (Lipinski definition) is 1. The van der Waals surface area contributed by atoms with Crippen molar-refractivity contribution in [1.29, 1.82) is 0 Å². The molecule has 0 heterocycles. The summed E-state index contributed by atoms with van der Waals surface area (Å²) in [5, 5.41) is 9.26. The molecule has 0 radical (unpaired) electrons. The van der Waals surface area contributed by atoms with Crippen molar-refractivity contribution in [3.05, 3.63) is 29.8 Å². The van der Waals surface area contributed by atoms with E-state index in [1.54, 1.807) is 12.1 Å². The Morgan fingerprint density at radius 1 is 0.900 bits per heavy atom. The highest BCUT2D eigenvalue weighted by atomic mass is 79.9. The Balaban J connectivity index is 0.00000361. The number of phenols is 1. The first-order valence-electron chi connectivity index (χ1n) is 7.67. The molecule has 1 rings (SSSR count). The standard InChI is InChI=1S/C17H27BrO.H2S/c1-2-3-4-5-6-7-8-9-10-17(18)15-11-13-16(19)14-12-15;/h11-14,17,19H,2-10H2,1H3;1H2. The summed E-state index contributed by atoms with van der Waals surface area (Å²) in [6.45, 7) is 2.26. The zero-order chi connectivity index (χ0) is 13.9. The van der Waals surface area contributed by atoms with Crippen LogP contribution in [0.5, 0.6) is 5.75 Å². The van der Waals surface area contributed by atoms with E-state index in [1.165, 1.54) is 63.4 Å². The molecule has 1 nitrogen and oxygen atoms in total. The summed E-state index contributed by atoms with van der Waals surface area (Å²) in [5.74, 6) is 0.343. The molecule has 0 amide bonds. The smallest absolute Gasteiger partial charge is 0.115 e. The van der Waals surface area contributed by atoms with Gasteiger partial charge in [0.2, 0.25) is 0 Å². The van der Waals surface area contributed by atoms with E-state index in [4.69, 9.17) is 0 Å². The first kappa shape index (κ1) is 19.9. The number of halogens is 1. The van der Waals surface area contributed by atoms with Crippen molar-refractivity contribution < 1.29 is 5.11 Å². The van der Waals surface area contributed by atoms with E-state index >= 15 is 0 Å². The van der Waals surface area contributed by atoms with Gasteiger partial charge in [0, 0.05) is 4.83 Å². The fraction of sp³-hybridized carbons (Fsp3) is 0.647. The van der Waals surface area contributed by atoms with Crippen LogP contribution in [0.15, 0.2) is 24.3 Å². The first-order chi connectivity index (χ1) is 9.24. The van der Waals surface area contributed by atoms with Gasteiger partial charge < -0.3 is 5.11 Å². The normalized spacial score (nSPS) is 11.9. The van der Waals surface area contributed by atoms with E-state index in [1.807, 2.05) is 12.1 Å². The lowest BCUT2D eigenvalue weighted by Crippen LogP contribution is -1.90. The van der Waals surface area contributed by atoms with Gasteiger partial charge in [-0.2, -0.15) is 13.5 Å². The van der Waals surface area contributed by atoms with E-state index in [2.05, 4.69) is 22.9 Å². The molecule has 3 heteroatoms. The predicted octanol–water partition coefficient (Wildman–Crippen LogP) is 6.47. The molecule has 0 saturated carbocycles. The third-order valence-electron chi connectivity index (χ3n) is 3.57. The maximum Gasteiger partial charge on any atom is 0.115 e. The first-order valence-corrected chi connectivity index (χ1v) is 8.58. The minimum Gasteiger partial charge on any atom is -0.508 e. The van der Waals surface area contributed by atoms with E-state index in [9.17, 15) is 5.11 Å². The molecule has 116 valence electrons. The van der Waals surface area contributed by atoms with Gasteiger partial charge in [-0.05, 0) is 24.1 Å². The number of rotatable bonds is 10. The second-order valence-electron chi connectivity index (χ2n) is 5.32. The quantitative estimate of drug-likeness (QED) is 0.374. The molecular formula is C17H29BrOS. The largest absolute Gasteiger partial charge is 0.508 e. The number of hydrogen-bond donors (Lipinski definition) is 1. The Bertz CT molecular complexity index is 326. The van der Waals surface area contributed by atoms with E-state index in [0.29, 0.717) is 10.6 Å². The summed E-state index contributed by atoms with van der Waals surface area (Å²) >= 11 is 3.73. The highest BCUT2D eigenvalue weighted by Crippen LogP contribution is 2.29. The molecule has 1 atom stereocenters. The van der Waals surface area contributed by atoms with Crippen LogP contribution in [0.4, 0.5) is 0 Å². The van der Waals surface area contributed by atoms with Crippen molar-refractivity contribution in [3.8, 4) is 5.75 Å². The summed E-state index contributed by atoms with van der Waals surface area (Å²) in [6.07, 6.45) is 12.1. The van der Waals surface area contributed by atoms with Crippen LogP contribution in [0.2, 0.25) is 0 Å². The molecule has 0 bridgehead atoms. The number of unbranched alkanes of at least 4 members (excludes halogenated alkanes) is 7. The van der Waals surface area contributed by atoms with Crippen LogP contribution in [0.1, 0.15) is 75.1 Å². The van der Waals surface area contributed by atoms with E-state index in [-0.39, 0.29) is 13.5 Å². The maximum atomic E-state index is 9.26. The summed E-state index contributed by atoms with van der Waals surface area (Å²) in [5.41, 5.74) is 1.26. The molecule has 0 fully saturated rings. The summed E-state index contributed by atoms with van der Waals surface area (Å²) in [7, 11) is 0. The number of phenolic OH excluding ortho intramolecular Hbond substituents is 1. The van der Waals surface area contributed by atoms with Gasteiger partial charge in [0.05, 0.1) is 0 Å². The van der Waals surface area contributed by atoms with Gasteiger partial charge in [-0.1, -0.05) is 86.4 Å². The molecule has 1 unspecified atom stereocenters. The molecule has 0 aliphatic rings. The Morgan fingerprint density at radius 2 is 1.40 bits per heavy atom. The van der Waals surface area contributed by atoms with Crippen molar-refractivity contribution in [2.45, 2.75) is 69.5 Å². The second-order valence-corrected chi connectivity index (χ2v) is 6.43. The van der Waals surface area contributed by atoms with Crippen LogP contribution in [-0.2, 0) is 0 Å². The molecule has 0 aliphatic carbocycles.